The number of carboxylic acid groups (broad SMARTS) is 1. The van der Waals surface area contributed by atoms with Crippen LogP contribution in [0.4, 0.5) is 0 Å². The molecule has 5 heteroatoms. The van der Waals surface area contributed by atoms with E-state index >= 15 is 0 Å². The lowest BCUT2D eigenvalue weighted by atomic mass is 10.2. The summed E-state index contributed by atoms with van der Waals surface area (Å²) in [6, 6.07) is 6.37. The molecule has 0 atom stereocenters. The number of carboxylic acids is 1. The van der Waals surface area contributed by atoms with Gasteiger partial charge in [0.25, 0.3) is 0 Å². The molecule has 0 aromatic heterocycles. The number of benzene rings is 1. The van der Waals surface area contributed by atoms with Crippen LogP contribution < -0.4 is 4.74 Å². The topological polar surface area (TPSA) is 65.0 Å². The molecule has 1 aliphatic heterocycles. The Labute approximate surface area is 105 Å². The SMILES string of the molecule is O=C(O)c1ccc(OCCCOC2COC2)cc1. The fourth-order valence-electron chi connectivity index (χ4n) is 1.50. The van der Waals surface area contributed by atoms with E-state index in [9.17, 15) is 4.79 Å². The van der Waals surface area contributed by atoms with Crippen molar-refractivity contribution in [1.29, 1.82) is 0 Å². The van der Waals surface area contributed by atoms with E-state index < -0.39 is 5.97 Å². The fraction of sp³-hybridized carbons (Fsp3) is 0.462. The molecule has 0 radical (unpaired) electrons. The molecular weight excluding hydrogens is 236 g/mol. The molecule has 0 spiro atoms. The van der Waals surface area contributed by atoms with Crippen LogP contribution in [-0.4, -0.2) is 43.6 Å². The molecule has 1 fully saturated rings. The standard InChI is InChI=1S/C13H16O5/c14-13(15)10-2-4-11(5-3-10)17-6-1-7-18-12-8-16-9-12/h2-5,12H,1,6-9H2,(H,14,15). The summed E-state index contributed by atoms with van der Waals surface area (Å²) >= 11 is 0. The lowest BCUT2D eigenvalue weighted by Crippen LogP contribution is -2.36. The Morgan fingerprint density at radius 3 is 2.56 bits per heavy atom. The second-order valence-electron chi connectivity index (χ2n) is 4.06. The summed E-state index contributed by atoms with van der Waals surface area (Å²) in [4.78, 5) is 10.6. The third kappa shape index (κ3) is 3.72. The Morgan fingerprint density at radius 1 is 1.28 bits per heavy atom. The van der Waals surface area contributed by atoms with E-state index in [1.165, 1.54) is 12.1 Å². The molecule has 2 rings (SSSR count). The highest BCUT2D eigenvalue weighted by molar-refractivity contribution is 5.87. The monoisotopic (exact) mass is 252 g/mol. The van der Waals surface area contributed by atoms with Gasteiger partial charge in [0.05, 0.1) is 32.0 Å². The number of hydrogen-bond donors (Lipinski definition) is 1. The summed E-state index contributed by atoms with van der Waals surface area (Å²) in [6.07, 6.45) is 1.05. The smallest absolute Gasteiger partial charge is 0.335 e. The molecule has 18 heavy (non-hydrogen) atoms. The van der Waals surface area contributed by atoms with Crippen LogP contribution in [0.3, 0.4) is 0 Å². The zero-order valence-corrected chi connectivity index (χ0v) is 10.0. The fourth-order valence-corrected chi connectivity index (χ4v) is 1.50. The molecule has 0 saturated carbocycles. The maximum atomic E-state index is 10.6. The Kier molecular flexibility index (Phi) is 4.55. The maximum absolute atomic E-state index is 10.6. The second-order valence-corrected chi connectivity index (χ2v) is 4.06. The van der Waals surface area contributed by atoms with Gasteiger partial charge in [0.1, 0.15) is 11.9 Å². The quantitative estimate of drug-likeness (QED) is 0.746. The van der Waals surface area contributed by atoms with Crippen molar-refractivity contribution in [1.82, 2.24) is 0 Å². The van der Waals surface area contributed by atoms with E-state index in [4.69, 9.17) is 19.3 Å². The van der Waals surface area contributed by atoms with Crippen molar-refractivity contribution in [3.63, 3.8) is 0 Å². The summed E-state index contributed by atoms with van der Waals surface area (Å²) in [7, 11) is 0. The number of hydrogen-bond acceptors (Lipinski definition) is 4. The molecule has 0 aliphatic carbocycles. The summed E-state index contributed by atoms with van der Waals surface area (Å²) in [6.45, 7) is 2.59. The van der Waals surface area contributed by atoms with Gasteiger partial charge >= 0.3 is 5.97 Å². The zero-order chi connectivity index (χ0) is 12.8. The van der Waals surface area contributed by atoms with Gasteiger partial charge in [-0.2, -0.15) is 0 Å². The van der Waals surface area contributed by atoms with Gasteiger partial charge in [0.15, 0.2) is 0 Å². The highest BCUT2D eigenvalue weighted by atomic mass is 16.6. The first-order valence-electron chi connectivity index (χ1n) is 5.91. The van der Waals surface area contributed by atoms with Gasteiger partial charge in [-0.1, -0.05) is 0 Å². The van der Waals surface area contributed by atoms with E-state index in [1.807, 2.05) is 0 Å². The van der Waals surface area contributed by atoms with Gasteiger partial charge in [-0.05, 0) is 24.3 Å². The minimum atomic E-state index is -0.933. The number of carbonyl (C=O) groups is 1. The Balaban J connectivity index is 1.61. The van der Waals surface area contributed by atoms with Crippen molar-refractivity contribution in [3.05, 3.63) is 29.8 Å². The molecule has 0 amide bonds. The summed E-state index contributed by atoms with van der Waals surface area (Å²) in [5.74, 6) is -0.260. The lowest BCUT2D eigenvalue weighted by Gasteiger charge is -2.25. The van der Waals surface area contributed by atoms with Crippen LogP contribution in [0.5, 0.6) is 5.75 Å². The summed E-state index contributed by atoms with van der Waals surface area (Å²) in [5.41, 5.74) is 0.260. The van der Waals surface area contributed by atoms with E-state index in [1.54, 1.807) is 12.1 Å². The molecule has 1 aliphatic rings. The highest BCUT2D eigenvalue weighted by Crippen LogP contribution is 2.12. The van der Waals surface area contributed by atoms with Gasteiger partial charge in [0.2, 0.25) is 0 Å². The molecule has 1 saturated heterocycles. The van der Waals surface area contributed by atoms with Crippen LogP contribution >= 0.6 is 0 Å². The van der Waals surface area contributed by atoms with Crippen LogP contribution in [0.2, 0.25) is 0 Å². The predicted octanol–water partition coefficient (Wildman–Crippen LogP) is 1.57. The second kappa shape index (κ2) is 6.37. The van der Waals surface area contributed by atoms with E-state index in [0.717, 1.165) is 6.42 Å². The third-order valence-corrected chi connectivity index (χ3v) is 2.62. The number of aromatic carboxylic acids is 1. The normalized spacial score (nSPS) is 15.1. The predicted molar refractivity (Wildman–Crippen MR) is 64.1 cm³/mol. The highest BCUT2D eigenvalue weighted by Gasteiger charge is 2.17. The Morgan fingerprint density at radius 2 is 2.00 bits per heavy atom. The van der Waals surface area contributed by atoms with Crippen LogP contribution in [-0.2, 0) is 9.47 Å². The van der Waals surface area contributed by atoms with Crippen molar-refractivity contribution >= 4 is 5.97 Å². The number of rotatable bonds is 7. The minimum absolute atomic E-state index is 0.250. The van der Waals surface area contributed by atoms with Gasteiger partial charge in [-0.15, -0.1) is 0 Å². The largest absolute Gasteiger partial charge is 0.494 e. The molecule has 5 nitrogen and oxygen atoms in total. The van der Waals surface area contributed by atoms with Crippen molar-refractivity contribution < 1.29 is 24.1 Å². The molecule has 1 aromatic rings. The molecular formula is C13H16O5. The first-order chi connectivity index (χ1) is 8.75. The average Bonchev–Trinajstić information content (AvgIpc) is 2.32. The molecule has 1 aromatic carbocycles. The molecule has 1 heterocycles. The Bertz CT molecular complexity index is 383. The van der Waals surface area contributed by atoms with Crippen LogP contribution in [0.1, 0.15) is 16.8 Å². The first kappa shape index (κ1) is 12.9. The van der Waals surface area contributed by atoms with Crippen LogP contribution in [0, 0.1) is 0 Å². The van der Waals surface area contributed by atoms with E-state index in [-0.39, 0.29) is 11.7 Å². The van der Waals surface area contributed by atoms with Crippen molar-refractivity contribution in [2.45, 2.75) is 12.5 Å². The van der Waals surface area contributed by atoms with Crippen molar-refractivity contribution in [2.75, 3.05) is 26.4 Å². The van der Waals surface area contributed by atoms with Crippen LogP contribution in [0.25, 0.3) is 0 Å². The third-order valence-electron chi connectivity index (χ3n) is 2.62. The average molecular weight is 252 g/mol. The first-order valence-corrected chi connectivity index (χ1v) is 5.91. The van der Waals surface area contributed by atoms with Gasteiger partial charge in [-0.3, -0.25) is 0 Å². The lowest BCUT2D eigenvalue weighted by molar-refractivity contribution is -0.130. The maximum Gasteiger partial charge on any atom is 0.335 e. The summed E-state index contributed by atoms with van der Waals surface area (Å²) in [5, 5.41) is 8.74. The van der Waals surface area contributed by atoms with E-state index in [2.05, 4.69) is 0 Å². The zero-order valence-electron chi connectivity index (χ0n) is 10.0. The van der Waals surface area contributed by atoms with Gasteiger partial charge < -0.3 is 19.3 Å². The van der Waals surface area contributed by atoms with Gasteiger partial charge in [-0.25, -0.2) is 4.79 Å². The Hall–Kier alpha value is -1.59. The van der Waals surface area contributed by atoms with Crippen molar-refractivity contribution in [3.8, 4) is 5.75 Å². The molecule has 1 N–H and O–H groups in total. The minimum Gasteiger partial charge on any atom is -0.494 e. The van der Waals surface area contributed by atoms with Gasteiger partial charge in [0, 0.05) is 6.42 Å². The molecule has 98 valence electrons. The number of ether oxygens (including phenoxy) is 3. The molecule has 0 bridgehead atoms. The van der Waals surface area contributed by atoms with E-state index in [0.29, 0.717) is 32.2 Å². The molecule has 0 unspecified atom stereocenters. The van der Waals surface area contributed by atoms with Crippen molar-refractivity contribution in [2.24, 2.45) is 0 Å². The summed E-state index contributed by atoms with van der Waals surface area (Å²) < 4.78 is 15.9. The van der Waals surface area contributed by atoms with Crippen LogP contribution in [0.15, 0.2) is 24.3 Å².